The van der Waals surface area contributed by atoms with E-state index in [0.29, 0.717) is 30.0 Å². The summed E-state index contributed by atoms with van der Waals surface area (Å²) in [6.07, 6.45) is 1.33. The van der Waals surface area contributed by atoms with Gasteiger partial charge >= 0.3 is 0 Å². The number of hydrogen-bond donors (Lipinski definition) is 1. The zero-order chi connectivity index (χ0) is 13.7. The summed E-state index contributed by atoms with van der Waals surface area (Å²) in [5.41, 5.74) is 0.901. The zero-order valence-corrected chi connectivity index (χ0v) is 10.4. The standard InChI is InChI=1S/C13H13FN2O3/c1-18-7-6-15-13(17)11-8-16-19-12(11)9-2-4-10(14)5-3-9/h2-5,8H,6-7H2,1H3,(H,15,17). The van der Waals surface area contributed by atoms with Crippen LogP contribution in [0.25, 0.3) is 11.3 Å². The summed E-state index contributed by atoms with van der Waals surface area (Å²) in [7, 11) is 1.55. The predicted octanol–water partition coefficient (Wildman–Crippen LogP) is 1.86. The van der Waals surface area contributed by atoms with Crippen LogP contribution in [0.4, 0.5) is 4.39 Å². The third kappa shape index (κ3) is 3.17. The van der Waals surface area contributed by atoms with Crippen molar-refractivity contribution >= 4 is 5.91 Å². The van der Waals surface area contributed by atoms with E-state index in [4.69, 9.17) is 9.26 Å². The Kier molecular flexibility index (Phi) is 4.25. The molecular weight excluding hydrogens is 251 g/mol. The van der Waals surface area contributed by atoms with Crippen LogP contribution in [0, 0.1) is 5.82 Å². The van der Waals surface area contributed by atoms with E-state index in [9.17, 15) is 9.18 Å². The summed E-state index contributed by atoms with van der Waals surface area (Å²) in [5, 5.41) is 6.28. The highest BCUT2D eigenvalue weighted by atomic mass is 19.1. The number of halogens is 1. The Bertz CT molecular complexity index is 551. The number of methoxy groups -OCH3 is 1. The largest absolute Gasteiger partial charge is 0.383 e. The number of aromatic nitrogens is 1. The lowest BCUT2D eigenvalue weighted by Gasteiger charge is -2.04. The maximum absolute atomic E-state index is 12.9. The molecule has 0 atom stereocenters. The van der Waals surface area contributed by atoms with Crippen LogP contribution in [-0.2, 0) is 4.74 Å². The van der Waals surface area contributed by atoms with Gasteiger partial charge in [0.05, 0.1) is 12.8 Å². The van der Waals surface area contributed by atoms with Gasteiger partial charge in [0.25, 0.3) is 5.91 Å². The Balaban J connectivity index is 2.17. The maximum Gasteiger partial charge on any atom is 0.256 e. The van der Waals surface area contributed by atoms with E-state index >= 15 is 0 Å². The predicted molar refractivity (Wildman–Crippen MR) is 66.1 cm³/mol. The number of hydrogen-bond acceptors (Lipinski definition) is 4. The van der Waals surface area contributed by atoms with Crippen molar-refractivity contribution in [3.05, 3.63) is 41.8 Å². The van der Waals surface area contributed by atoms with E-state index in [2.05, 4.69) is 10.5 Å². The zero-order valence-electron chi connectivity index (χ0n) is 10.4. The van der Waals surface area contributed by atoms with Gasteiger partial charge in [0.15, 0.2) is 5.76 Å². The SMILES string of the molecule is COCCNC(=O)c1cnoc1-c1ccc(F)cc1. The molecule has 0 saturated heterocycles. The van der Waals surface area contributed by atoms with Gasteiger partial charge < -0.3 is 14.6 Å². The average molecular weight is 264 g/mol. The molecule has 19 heavy (non-hydrogen) atoms. The monoisotopic (exact) mass is 264 g/mol. The topological polar surface area (TPSA) is 64.4 Å². The first-order valence-electron chi connectivity index (χ1n) is 5.70. The molecule has 0 aliphatic carbocycles. The maximum atomic E-state index is 12.9. The molecule has 1 aromatic carbocycles. The van der Waals surface area contributed by atoms with Crippen LogP contribution in [0.5, 0.6) is 0 Å². The highest BCUT2D eigenvalue weighted by molar-refractivity contribution is 5.99. The van der Waals surface area contributed by atoms with E-state index < -0.39 is 0 Å². The molecule has 0 aliphatic heterocycles. The molecule has 1 N–H and O–H groups in total. The van der Waals surface area contributed by atoms with Crippen molar-refractivity contribution in [3.63, 3.8) is 0 Å². The van der Waals surface area contributed by atoms with E-state index in [-0.39, 0.29) is 11.7 Å². The van der Waals surface area contributed by atoms with Crippen molar-refractivity contribution in [1.82, 2.24) is 10.5 Å². The molecule has 0 spiro atoms. The fraction of sp³-hybridized carbons (Fsp3) is 0.231. The van der Waals surface area contributed by atoms with Crippen LogP contribution in [0.1, 0.15) is 10.4 Å². The summed E-state index contributed by atoms with van der Waals surface area (Å²) >= 11 is 0. The minimum absolute atomic E-state index is 0.308. The quantitative estimate of drug-likeness (QED) is 0.837. The van der Waals surface area contributed by atoms with Crippen LogP contribution >= 0.6 is 0 Å². The summed E-state index contributed by atoms with van der Waals surface area (Å²) in [5.74, 6) is -0.345. The molecule has 100 valence electrons. The number of benzene rings is 1. The van der Waals surface area contributed by atoms with Crippen molar-refractivity contribution in [2.24, 2.45) is 0 Å². The van der Waals surface area contributed by atoms with Crippen molar-refractivity contribution in [1.29, 1.82) is 0 Å². The molecule has 2 aromatic rings. The fourth-order valence-electron chi connectivity index (χ4n) is 1.57. The van der Waals surface area contributed by atoms with Gasteiger partial charge in [0, 0.05) is 19.2 Å². The van der Waals surface area contributed by atoms with Crippen LogP contribution in [0.2, 0.25) is 0 Å². The molecule has 1 aromatic heterocycles. The summed E-state index contributed by atoms with van der Waals surface area (Å²) in [4.78, 5) is 11.9. The van der Waals surface area contributed by atoms with Gasteiger partial charge in [0.2, 0.25) is 0 Å². The molecule has 0 fully saturated rings. The molecule has 1 amide bonds. The molecular formula is C13H13FN2O3. The lowest BCUT2D eigenvalue weighted by atomic mass is 10.1. The number of nitrogens with zero attached hydrogens (tertiary/aromatic N) is 1. The first-order valence-corrected chi connectivity index (χ1v) is 5.70. The number of amides is 1. The van der Waals surface area contributed by atoms with E-state index in [1.165, 1.54) is 30.5 Å². The highest BCUT2D eigenvalue weighted by Gasteiger charge is 2.17. The lowest BCUT2D eigenvalue weighted by Crippen LogP contribution is -2.26. The molecule has 1 heterocycles. The molecule has 2 rings (SSSR count). The second-order valence-corrected chi connectivity index (χ2v) is 3.82. The number of carbonyl (C=O) groups excluding carboxylic acids is 1. The van der Waals surface area contributed by atoms with Crippen LogP contribution in [0.3, 0.4) is 0 Å². The number of rotatable bonds is 5. The second-order valence-electron chi connectivity index (χ2n) is 3.82. The summed E-state index contributed by atoms with van der Waals surface area (Å²) in [6.45, 7) is 0.812. The van der Waals surface area contributed by atoms with Crippen molar-refractivity contribution < 1.29 is 18.4 Å². The minimum Gasteiger partial charge on any atom is -0.383 e. The second kappa shape index (κ2) is 6.10. The summed E-state index contributed by atoms with van der Waals surface area (Å²) in [6, 6.07) is 5.65. The molecule has 0 radical (unpaired) electrons. The van der Waals surface area contributed by atoms with Gasteiger partial charge in [-0.3, -0.25) is 4.79 Å². The van der Waals surface area contributed by atoms with Crippen LogP contribution in [0.15, 0.2) is 35.0 Å². The van der Waals surface area contributed by atoms with Crippen molar-refractivity contribution in [3.8, 4) is 11.3 Å². The third-order valence-corrected chi connectivity index (χ3v) is 2.51. The molecule has 0 aliphatic rings. The Labute approximate surface area is 109 Å². The van der Waals surface area contributed by atoms with Gasteiger partial charge in [-0.25, -0.2) is 4.39 Å². The van der Waals surface area contributed by atoms with Crippen LogP contribution in [-0.4, -0.2) is 31.3 Å². The first kappa shape index (κ1) is 13.2. The van der Waals surface area contributed by atoms with E-state index in [0.717, 1.165) is 0 Å². The Morgan fingerprint density at radius 2 is 2.16 bits per heavy atom. The van der Waals surface area contributed by atoms with E-state index in [1.54, 1.807) is 7.11 Å². The third-order valence-electron chi connectivity index (χ3n) is 2.51. The minimum atomic E-state index is -0.352. The lowest BCUT2D eigenvalue weighted by molar-refractivity contribution is 0.0937. The molecule has 0 saturated carbocycles. The van der Waals surface area contributed by atoms with Gasteiger partial charge in [-0.15, -0.1) is 0 Å². The Hall–Kier alpha value is -2.21. The number of nitrogens with one attached hydrogen (secondary N) is 1. The molecule has 0 unspecified atom stereocenters. The number of ether oxygens (including phenoxy) is 1. The van der Waals surface area contributed by atoms with E-state index in [1.807, 2.05) is 0 Å². The Morgan fingerprint density at radius 3 is 2.84 bits per heavy atom. The average Bonchev–Trinajstić information content (AvgIpc) is 2.89. The van der Waals surface area contributed by atoms with Gasteiger partial charge in [-0.05, 0) is 24.3 Å². The van der Waals surface area contributed by atoms with Gasteiger partial charge in [-0.1, -0.05) is 5.16 Å². The molecule has 6 heteroatoms. The molecule has 5 nitrogen and oxygen atoms in total. The normalized spacial score (nSPS) is 10.4. The smallest absolute Gasteiger partial charge is 0.256 e. The highest BCUT2D eigenvalue weighted by Crippen LogP contribution is 2.23. The first-order chi connectivity index (χ1) is 9.22. The number of carbonyl (C=O) groups is 1. The summed E-state index contributed by atoms with van der Waals surface area (Å²) < 4.78 is 22.7. The van der Waals surface area contributed by atoms with Crippen molar-refractivity contribution in [2.45, 2.75) is 0 Å². The van der Waals surface area contributed by atoms with Crippen LogP contribution < -0.4 is 5.32 Å². The fourth-order valence-corrected chi connectivity index (χ4v) is 1.57. The van der Waals surface area contributed by atoms with Gasteiger partial charge in [0.1, 0.15) is 11.4 Å². The van der Waals surface area contributed by atoms with Crippen molar-refractivity contribution in [2.75, 3.05) is 20.3 Å². The Morgan fingerprint density at radius 1 is 1.42 bits per heavy atom. The molecule has 0 bridgehead atoms. The van der Waals surface area contributed by atoms with Gasteiger partial charge in [-0.2, -0.15) is 0 Å².